The minimum atomic E-state index is -6.01. The summed E-state index contributed by atoms with van der Waals surface area (Å²) in [6, 6.07) is 0. The number of aliphatic hydroxyl groups is 4. The van der Waals surface area contributed by atoms with E-state index in [4.69, 9.17) is 0 Å². The van der Waals surface area contributed by atoms with Crippen LogP contribution in [0, 0.1) is 34.5 Å². The third-order valence-electron chi connectivity index (χ3n) is 10.2. The molecule has 3 aliphatic carbocycles. The van der Waals surface area contributed by atoms with Gasteiger partial charge in [0.25, 0.3) is 0 Å². The van der Waals surface area contributed by atoms with Crippen LogP contribution in [0.1, 0.15) is 98.3 Å². The molecule has 0 heterocycles. The predicted molar refractivity (Wildman–Crippen MR) is 152 cm³/mol. The Morgan fingerprint density at radius 3 is 2.19 bits per heavy atom. The highest BCUT2D eigenvalue weighted by Gasteiger charge is 2.70. The molecule has 0 bridgehead atoms. The van der Waals surface area contributed by atoms with Crippen LogP contribution in [0.15, 0.2) is 35.5 Å². The molecule has 0 saturated heterocycles. The minimum absolute atomic E-state index is 0.0735. The summed E-state index contributed by atoms with van der Waals surface area (Å²) in [5.74, 6) is 3.35. The number of alkyl halides is 6. The molecular weight excluding hydrogens is 574 g/mol. The van der Waals surface area contributed by atoms with Crippen LogP contribution in [0.2, 0.25) is 0 Å². The molecule has 0 aromatic rings. The summed E-state index contributed by atoms with van der Waals surface area (Å²) in [7, 11) is 0. The molecule has 0 radical (unpaired) electrons. The van der Waals surface area contributed by atoms with Gasteiger partial charge in [-0.2, -0.15) is 26.3 Å². The lowest BCUT2D eigenvalue weighted by molar-refractivity contribution is -0.343. The summed E-state index contributed by atoms with van der Waals surface area (Å²) >= 11 is 0. The van der Waals surface area contributed by atoms with Crippen LogP contribution in [0.5, 0.6) is 0 Å². The summed E-state index contributed by atoms with van der Waals surface area (Å²) in [6.45, 7) is 11.3. The molecule has 4 N–H and O–H groups in total. The van der Waals surface area contributed by atoms with Gasteiger partial charge in [-0.1, -0.05) is 50.5 Å². The predicted octanol–water partition coefficient (Wildman–Crippen LogP) is 7.32. The second kappa shape index (κ2) is 12.5. The van der Waals surface area contributed by atoms with E-state index in [0.717, 1.165) is 37.2 Å². The van der Waals surface area contributed by atoms with Gasteiger partial charge in [-0.3, -0.25) is 0 Å². The molecule has 3 rings (SSSR count). The number of hydrogen-bond donors (Lipinski definition) is 4. The van der Waals surface area contributed by atoms with Gasteiger partial charge in [0.2, 0.25) is 0 Å². The molecule has 3 saturated carbocycles. The number of fused-ring (bicyclic) bond motifs is 1. The zero-order chi connectivity index (χ0) is 32.6. The molecule has 0 aromatic heterocycles. The van der Waals surface area contributed by atoms with E-state index in [0.29, 0.717) is 37.7 Å². The molecule has 0 spiro atoms. The third-order valence-corrected chi connectivity index (χ3v) is 10.2. The molecule has 0 amide bonds. The van der Waals surface area contributed by atoms with Gasteiger partial charge >= 0.3 is 18.0 Å². The highest BCUT2D eigenvalue weighted by molar-refractivity contribution is 5.39. The molecule has 0 aliphatic heterocycles. The van der Waals surface area contributed by atoms with Gasteiger partial charge in [0, 0.05) is 12.8 Å². The SMILES string of the molecule is C=C1C(=CC=C2CCC[C@@]3(C)C2CC[C@@H]3[C@@](C)(CC#CC(O)(C(F)(F)F)C(F)(F)F)CCCC(C)(C)O)CC(O)C[C@@H]1O. The van der Waals surface area contributed by atoms with Crippen LogP contribution < -0.4 is 0 Å². The van der Waals surface area contributed by atoms with Crippen LogP contribution >= 0.6 is 0 Å². The Balaban J connectivity index is 1.95. The maximum absolute atomic E-state index is 13.3. The largest absolute Gasteiger partial charge is 0.438 e. The first-order valence-electron chi connectivity index (χ1n) is 15.1. The van der Waals surface area contributed by atoms with Gasteiger partial charge in [-0.15, -0.1) is 0 Å². The first-order chi connectivity index (χ1) is 19.5. The van der Waals surface area contributed by atoms with Gasteiger partial charge in [0.1, 0.15) is 0 Å². The second-order valence-corrected chi connectivity index (χ2v) is 14.1. The monoisotopic (exact) mass is 620 g/mol. The van der Waals surface area contributed by atoms with Crippen molar-refractivity contribution in [1.29, 1.82) is 0 Å². The quantitative estimate of drug-likeness (QED) is 0.178. The summed E-state index contributed by atoms with van der Waals surface area (Å²) in [5.41, 5.74) is -4.60. The lowest BCUT2D eigenvalue weighted by atomic mass is 9.55. The van der Waals surface area contributed by atoms with Crippen molar-refractivity contribution in [3.05, 3.63) is 35.5 Å². The number of allylic oxidation sites excluding steroid dienone is 3. The Bertz CT molecular complexity index is 1140. The summed E-state index contributed by atoms with van der Waals surface area (Å²) < 4.78 is 79.9. The van der Waals surface area contributed by atoms with Crippen molar-refractivity contribution in [1.82, 2.24) is 0 Å². The zero-order valence-electron chi connectivity index (χ0n) is 25.5. The van der Waals surface area contributed by atoms with Crippen molar-refractivity contribution in [3.63, 3.8) is 0 Å². The van der Waals surface area contributed by atoms with E-state index in [1.54, 1.807) is 13.8 Å². The van der Waals surface area contributed by atoms with Crippen LogP contribution in [0.4, 0.5) is 26.3 Å². The van der Waals surface area contributed by atoms with Gasteiger partial charge in [-0.25, -0.2) is 0 Å². The van der Waals surface area contributed by atoms with Crippen molar-refractivity contribution >= 4 is 0 Å². The van der Waals surface area contributed by atoms with E-state index < -0.39 is 41.2 Å². The van der Waals surface area contributed by atoms with Crippen molar-refractivity contribution in [2.45, 2.75) is 134 Å². The second-order valence-electron chi connectivity index (χ2n) is 14.1. The Kier molecular flexibility index (Phi) is 10.4. The number of rotatable bonds is 7. The number of hydrogen-bond acceptors (Lipinski definition) is 4. The summed E-state index contributed by atoms with van der Waals surface area (Å²) in [4.78, 5) is 0. The van der Waals surface area contributed by atoms with E-state index in [2.05, 4.69) is 19.4 Å². The van der Waals surface area contributed by atoms with E-state index in [1.807, 2.05) is 19.1 Å². The Morgan fingerprint density at radius 2 is 1.60 bits per heavy atom. The maximum Gasteiger partial charge on any atom is 0.438 e. The molecule has 10 heteroatoms. The van der Waals surface area contributed by atoms with Gasteiger partial charge in [0.15, 0.2) is 0 Å². The van der Waals surface area contributed by atoms with Gasteiger partial charge in [-0.05, 0) is 105 Å². The zero-order valence-corrected chi connectivity index (χ0v) is 25.5. The summed E-state index contributed by atoms with van der Waals surface area (Å²) in [5, 5.41) is 40.2. The van der Waals surface area contributed by atoms with E-state index in [-0.39, 0.29) is 30.1 Å². The molecule has 2 unspecified atom stereocenters. The first kappa shape index (κ1) is 35.7. The van der Waals surface area contributed by atoms with Crippen molar-refractivity contribution in [2.24, 2.45) is 22.7 Å². The average molecular weight is 621 g/mol. The Hall–Kier alpha value is -1.80. The topological polar surface area (TPSA) is 80.9 Å². The van der Waals surface area contributed by atoms with E-state index in [9.17, 15) is 46.8 Å². The van der Waals surface area contributed by atoms with Crippen molar-refractivity contribution < 1.29 is 46.8 Å². The number of aliphatic hydroxyl groups excluding tert-OH is 2. The standard InChI is InChI=1S/C33H46F6O4/c1-21-23(19-24(40)20-26(21)41)11-10-22-9-6-17-30(5)25(22)12-13-27(30)29(4,15-7-14-28(2,3)42)16-8-18-31(43,32(34,35)36)33(37,38)39/h10-11,24-27,40-43H,1,6-7,9,12-17,19-20H2,2-5H3/t24?,25?,26-,27+,29+,30-/m0/s1. The molecule has 0 aromatic carbocycles. The molecule has 3 fully saturated rings. The lowest BCUT2D eigenvalue weighted by Gasteiger charge is -2.49. The molecule has 4 nitrogen and oxygen atoms in total. The van der Waals surface area contributed by atoms with Crippen LogP contribution in [0.3, 0.4) is 0 Å². The summed E-state index contributed by atoms with van der Waals surface area (Å²) in [6.07, 6.45) is -3.77. The molecule has 3 aliphatic rings. The van der Waals surface area contributed by atoms with Crippen LogP contribution in [-0.2, 0) is 0 Å². The van der Waals surface area contributed by atoms with Crippen LogP contribution in [0.25, 0.3) is 0 Å². The third kappa shape index (κ3) is 7.71. The normalized spacial score (nSPS) is 32.4. The molecular formula is C33H46F6O4. The highest BCUT2D eigenvalue weighted by Crippen LogP contribution is 2.63. The van der Waals surface area contributed by atoms with Crippen molar-refractivity contribution in [3.8, 4) is 11.8 Å². The number of halogens is 6. The Labute approximate surface area is 251 Å². The fourth-order valence-corrected chi connectivity index (χ4v) is 7.84. The lowest BCUT2D eigenvalue weighted by Crippen LogP contribution is -2.55. The van der Waals surface area contributed by atoms with Crippen molar-refractivity contribution in [2.75, 3.05) is 0 Å². The van der Waals surface area contributed by atoms with Gasteiger partial charge < -0.3 is 20.4 Å². The maximum atomic E-state index is 13.3. The molecule has 43 heavy (non-hydrogen) atoms. The molecule has 6 atom stereocenters. The minimum Gasteiger partial charge on any atom is -0.393 e. The Morgan fingerprint density at radius 1 is 0.977 bits per heavy atom. The molecule has 244 valence electrons. The average Bonchev–Trinajstić information content (AvgIpc) is 3.21. The van der Waals surface area contributed by atoms with E-state index >= 15 is 0 Å². The van der Waals surface area contributed by atoms with E-state index in [1.165, 1.54) is 5.57 Å². The smallest absolute Gasteiger partial charge is 0.393 e. The van der Waals surface area contributed by atoms with Crippen LogP contribution in [-0.4, -0.2) is 56.2 Å². The fraction of sp³-hybridized carbons (Fsp3) is 0.758. The highest BCUT2D eigenvalue weighted by atomic mass is 19.4. The van der Waals surface area contributed by atoms with Gasteiger partial charge in [0.05, 0.1) is 17.8 Å². The fourth-order valence-electron chi connectivity index (χ4n) is 7.84. The first-order valence-corrected chi connectivity index (χ1v) is 15.1.